The molecule has 1 unspecified atom stereocenters. The van der Waals surface area contributed by atoms with Crippen LogP contribution in [0.2, 0.25) is 0 Å². The van der Waals surface area contributed by atoms with Crippen molar-refractivity contribution >= 4 is 28.8 Å². The lowest BCUT2D eigenvalue weighted by atomic mass is 9.92. The van der Waals surface area contributed by atoms with Crippen LogP contribution < -0.4 is 14.8 Å². The summed E-state index contributed by atoms with van der Waals surface area (Å²) in [5, 5.41) is 5.58. The summed E-state index contributed by atoms with van der Waals surface area (Å²) in [7, 11) is 4.49. The summed E-state index contributed by atoms with van der Waals surface area (Å²) in [6.07, 6.45) is 0.662. The van der Waals surface area contributed by atoms with E-state index in [0.29, 0.717) is 46.5 Å². The topological polar surface area (TPSA) is 89.5 Å². The van der Waals surface area contributed by atoms with Crippen LogP contribution in [0.3, 0.4) is 0 Å². The molecule has 188 valence electrons. The molecule has 1 atom stereocenters. The molecule has 0 fully saturated rings. The molecule has 2 aliphatic heterocycles. The molecule has 0 saturated heterocycles. The number of esters is 1. The van der Waals surface area contributed by atoms with Gasteiger partial charge >= 0.3 is 5.97 Å². The maximum absolute atomic E-state index is 13.1. The molecule has 0 aromatic heterocycles. The second kappa shape index (κ2) is 11.3. The van der Waals surface area contributed by atoms with Crippen molar-refractivity contribution in [3.8, 4) is 11.5 Å². The van der Waals surface area contributed by atoms with Crippen molar-refractivity contribution in [2.45, 2.75) is 32.4 Å². The fraction of sp³-hybridized carbons (Fsp3) is 0.296. The van der Waals surface area contributed by atoms with E-state index in [9.17, 15) is 9.59 Å². The van der Waals surface area contributed by atoms with Gasteiger partial charge in [-0.25, -0.2) is 9.79 Å². The van der Waals surface area contributed by atoms with Gasteiger partial charge in [-0.15, -0.1) is 0 Å². The zero-order valence-corrected chi connectivity index (χ0v) is 21.6. The Bertz CT molecular complexity index is 1240. The number of aliphatic imine (C=N–C) groups is 1. The van der Waals surface area contributed by atoms with E-state index in [4.69, 9.17) is 19.2 Å². The van der Waals surface area contributed by atoms with Crippen molar-refractivity contribution in [3.63, 3.8) is 0 Å². The van der Waals surface area contributed by atoms with Gasteiger partial charge in [-0.3, -0.25) is 4.79 Å². The van der Waals surface area contributed by atoms with Gasteiger partial charge in [0.05, 0.1) is 45.1 Å². The van der Waals surface area contributed by atoms with Crippen LogP contribution in [0.4, 0.5) is 0 Å². The number of carbonyl (C=O) groups excluding carboxylic acids is 2. The molecule has 0 radical (unpaired) electrons. The molecule has 4 rings (SSSR count). The maximum Gasteiger partial charge on any atom is 0.338 e. The second-order valence-corrected chi connectivity index (χ2v) is 8.96. The third-order valence-corrected chi connectivity index (χ3v) is 6.92. The van der Waals surface area contributed by atoms with Gasteiger partial charge in [-0.1, -0.05) is 61.2 Å². The number of ether oxygens (including phenoxy) is 3. The number of thioether (sulfide) groups is 1. The molecule has 36 heavy (non-hydrogen) atoms. The lowest BCUT2D eigenvalue weighted by Crippen LogP contribution is -2.38. The predicted molar refractivity (Wildman–Crippen MR) is 139 cm³/mol. The van der Waals surface area contributed by atoms with Crippen LogP contribution in [0.25, 0.3) is 0 Å². The fourth-order valence-corrected chi connectivity index (χ4v) is 5.29. The minimum atomic E-state index is -0.604. The number of para-hydroxylation sites is 1. The Hall–Kier alpha value is -3.72. The summed E-state index contributed by atoms with van der Waals surface area (Å²) in [6.45, 7) is 2.38. The monoisotopic (exact) mass is 507 g/mol. The van der Waals surface area contributed by atoms with Crippen molar-refractivity contribution < 1.29 is 23.8 Å². The van der Waals surface area contributed by atoms with Crippen molar-refractivity contribution in [2.75, 3.05) is 21.3 Å². The zero-order chi connectivity index (χ0) is 25.7. The van der Waals surface area contributed by atoms with Crippen LogP contribution in [0.15, 0.2) is 75.9 Å². The Labute approximate surface area is 215 Å². The van der Waals surface area contributed by atoms with Crippen LogP contribution in [0.1, 0.15) is 36.9 Å². The molecule has 9 heteroatoms. The van der Waals surface area contributed by atoms with Gasteiger partial charge < -0.3 is 24.4 Å². The van der Waals surface area contributed by atoms with Gasteiger partial charge in [0.1, 0.15) is 0 Å². The molecule has 0 bridgehead atoms. The Morgan fingerprint density at radius 3 is 2.50 bits per heavy atom. The van der Waals surface area contributed by atoms with Crippen LogP contribution in [0, 0.1) is 0 Å². The Morgan fingerprint density at radius 2 is 1.83 bits per heavy atom. The van der Waals surface area contributed by atoms with Crippen LogP contribution in [-0.4, -0.2) is 43.3 Å². The third-order valence-electron chi connectivity index (χ3n) is 6.03. The van der Waals surface area contributed by atoms with Crippen LogP contribution >= 0.6 is 11.8 Å². The number of nitrogens with zero attached hydrogens (tertiary/aromatic N) is 2. The quantitative estimate of drug-likeness (QED) is 0.498. The van der Waals surface area contributed by atoms with E-state index in [0.717, 1.165) is 11.3 Å². The molecule has 2 aromatic carbocycles. The number of benzene rings is 2. The van der Waals surface area contributed by atoms with E-state index >= 15 is 0 Å². The number of hydrogen-bond acceptors (Lipinski definition) is 8. The summed E-state index contributed by atoms with van der Waals surface area (Å²) < 4.78 is 16.4. The van der Waals surface area contributed by atoms with Crippen LogP contribution in [-0.2, 0) is 20.9 Å². The van der Waals surface area contributed by atoms with Gasteiger partial charge in [-0.05, 0) is 23.5 Å². The number of carbonyl (C=O) groups is 2. The summed E-state index contributed by atoms with van der Waals surface area (Å²) in [5.74, 6) is 0.440. The average Bonchev–Trinajstić information content (AvgIpc) is 3.32. The highest BCUT2D eigenvalue weighted by Gasteiger charge is 2.43. The molecule has 2 heterocycles. The number of methoxy groups -OCH3 is 3. The van der Waals surface area contributed by atoms with Crippen molar-refractivity contribution in [1.82, 2.24) is 10.2 Å². The summed E-state index contributed by atoms with van der Waals surface area (Å²) in [4.78, 5) is 32.7. The van der Waals surface area contributed by atoms with Gasteiger partial charge in [0, 0.05) is 17.8 Å². The molecule has 2 aliphatic rings. The van der Waals surface area contributed by atoms with E-state index in [1.54, 1.807) is 20.3 Å². The number of fused-ring (bicyclic) bond motifs is 1. The number of allylic oxidation sites excluding steroid dienone is 1. The molecule has 0 saturated carbocycles. The van der Waals surface area contributed by atoms with E-state index in [1.807, 2.05) is 59.7 Å². The minimum absolute atomic E-state index is 0.123. The SMILES string of the molecule is CCC1=C(C(=O)OC)C(c2cccc(OC)c2OC)N2C(CC(=O)NCc3ccccc3)=CSC2=N1. The summed E-state index contributed by atoms with van der Waals surface area (Å²) in [5.41, 5.74) is 3.51. The first-order valence-corrected chi connectivity index (χ1v) is 12.5. The first-order valence-electron chi connectivity index (χ1n) is 11.6. The first kappa shape index (κ1) is 25.4. The lowest BCUT2D eigenvalue weighted by molar-refractivity contribution is -0.136. The molecule has 8 nitrogen and oxygen atoms in total. The number of nitrogens with one attached hydrogen (secondary N) is 1. The average molecular weight is 508 g/mol. The van der Waals surface area contributed by atoms with Crippen LogP contribution in [0.5, 0.6) is 11.5 Å². The van der Waals surface area contributed by atoms with Crippen molar-refractivity contribution in [1.29, 1.82) is 0 Å². The largest absolute Gasteiger partial charge is 0.493 e. The Morgan fingerprint density at radius 1 is 1.06 bits per heavy atom. The molecule has 2 aromatic rings. The number of amides is 1. The van der Waals surface area contributed by atoms with Crippen molar-refractivity contribution in [2.24, 2.45) is 4.99 Å². The van der Waals surface area contributed by atoms with E-state index in [2.05, 4.69) is 5.32 Å². The van der Waals surface area contributed by atoms with E-state index in [1.165, 1.54) is 18.9 Å². The standard InChI is InChI=1S/C27H29N3O5S/c1-5-20-23(26(32)35-4)24(19-12-9-13-21(33-2)25(19)34-3)30-18(16-36-27(30)29-20)14-22(31)28-15-17-10-7-6-8-11-17/h6-13,16,24H,5,14-15H2,1-4H3,(H,28,31). The fourth-order valence-electron chi connectivity index (χ4n) is 4.36. The Balaban J connectivity index is 1.71. The maximum atomic E-state index is 13.1. The van der Waals surface area contributed by atoms with Gasteiger partial charge in [0.15, 0.2) is 16.7 Å². The summed E-state index contributed by atoms with van der Waals surface area (Å²) >= 11 is 1.43. The minimum Gasteiger partial charge on any atom is -0.493 e. The molecule has 0 aliphatic carbocycles. The molecule has 1 N–H and O–H groups in total. The highest BCUT2D eigenvalue weighted by molar-refractivity contribution is 8.16. The molecule has 0 spiro atoms. The molecule has 1 amide bonds. The molecular formula is C27H29N3O5S. The Kier molecular flexibility index (Phi) is 8.00. The number of hydrogen-bond donors (Lipinski definition) is 1. The first-order chi connectivity index (χ1) is 17.5. The molecular weight excluding hydrogens is 478 g/mol. The second-order valence-electron chi connectivity index (χ2n) is 8.12. The van der Waals surface area contributed by atoms with Gasteiger partial charge in [0.2, 0.25) is 5.91 Å². The summed E-state index contributed by atoms with van der Waals surface area (Å²) in [6, 6.07) is 14.7. The van der Waals surface area contributed by atoms with E-state index < -0.39 is 12.0 Å². The highest BCUT2D eigenvalue weighted by atomic mass is 32.2. The predicted octanol–water partition coefficient (Wildman–Crippen LogP) is 4.55. The lowest BCUT2D eigenvalue weighted by Gasteiger charge is -2.37. The smallest absolute Gasteiger partial charge is 0.338 e. The third kappa shape index (κ3) is 4.97. The van der Waals surface area contributed by atoms with Gasteiger partial charge in [-0.2, -0.15) is 0 Å². The van der Waals surface area contributed by atoms with E-state index in [-0.39, 0.29) is 12.3 Å². The highest BCUT2D eigenvalue weighted by Crippen LogP contribution is 2.49. The normalized spacial score (nSPS) is 16.7. The van der Waals surface area contributed by atoms with Gasteiger partial charge in [0.25, 0.3) is 0 Å². The zero-order valence-electron chi connectivity index (χ0n) is 20.7. The van der Waals surface area contributed by atoms with Crippen molar-refractivity contribution in [3.05, 3.63) is 82.0 Å². The number of amidine groups is 1. The number of rotatable bonds is 9.